The van der Waals surface area contributed by atoms with E-state index in [2.05, 4.69) is 5.32 Å². The summed E-state index contributed by atoms with van der Waals surface area (Å²) in [4.78, 5) is 26.5. The smallest absolute Gasteiger partial charge is 0.254 e. The van der Waals surface area contributed by atoms with Gasteiger partial charge in [-0.2, -0.15) is 0 Å². The molecule has 0 unspecified atom stereocenters. The Morgan fingerprint density at radius 2 is 1.90 bits per heavy atom. The van der Waals surface area contributed by atoms with Crippen molar-refractivity contribution in [3.8, 4) is 5.75 Å². The summed E-state index contributed by atoms with van der Waals surface area (Å²) in [5.74, 6) is 0.329. The van der Waals surface area contributed by atoms with Crippen LogP contribution >= 0.6 is 23.2 Å². The molecule has 2 aromatic carbocycles. The summed E-state index contributed by atoms with van der Waals surface area (Å²) in [5, 5.41) is 3.80. The number of morpholine rings is 1. The van der Waals surface area contributed by atoms with Gasteiger partial charge in [0.2, 0.25) is 5.91 Å². The third kappa shape index (κ3) is 6.35. The standard InChI is InChI=1S/C21H22Cl2N2O4/c22-16-6-7-19(18(23)14-16)29-10-2-5-20(26)24-17-4-1-3-15(13-17)21(27)25-8-11-28-12-9-25/h1,3-4,6-7,13-14H,2,5,8-12H2,(H,24,26). The number of nitrogens with one attached hydrogen (secondary N) is 1. The van der Waals surface area contributed by atoms with Gasteiger partial charge in [-0.3, -0.25) is 9.59 Å². The maximum absolute atomic E-state index is 12.6. The van der Waals surface area contributed by atoms with E-state index in [1.54, 1.807) is 47.4 Å². The van der Waals surface area contributed by atoms with Gasteiger partial charge in [-0.15, -0.1) is 0 Å². The second-order valence-electron chi connectivity index (χ2n) is 6.56. The summed E-state index contributed by atoms with van der Waals surface area (Å²) in [5.41, 5.74) is 1.14. The molecule has 8 heteroatoms. The van der Waals surface area contributed by atoms with Crippen molar-refractivity contribution in [3.63, 3.8) is 0 Å². The van der Waals surface area contributed by atoms with Crippen LogP contribution in [0.2, 0.25) is 10.0 Å². The molecule has 1 fully saturated rings. The Bertz CT molecular complexity index is 870. The lowest BCUT2D eigenvalue weighted by molar-refractivity contribution is -0.116. The summed E-state index contributed by atoms with van der Waals surface area (Å²) in [7, 11) is 0. The molecule has 0 saturated carbocycles. The highest BCUT2D eigenvalue weighted by Gasteiger charge is 2.18. The molecule has 1 aliphatic heterocycles. The first-order valence-electron chi connectivity index (χ1n) is 9.38. The van der Waals surface area contributed by atoms with E-state index < -0.39 is 0 Å². The first-order valence-corrected chi connectivity index (χ1v) is 10.1. The SMILES string of the molecule is O=C(CCCOc1ccc(Cl)cc1Cl)Nc1cccc(C(=O)N2CCOCC2)c1. The highest BCUT2D eigenvalue weighted by Crippen LogP contribution is 2.27. The Morgan fingerprint density at radius 3 is 2.66 bits per heavy atom. The van der Waals surface area contributed by atoms with E-state index in [1.165, 1.54) is 0 Å². The van der Waals surface area contributed by atoms with E-state index >= 15 is 0 Å². The lowest BCUT2D eigenvalue weighted by Gasteiger charge is -2.27. The van der Waals surface area contributed by atoms with E-state index in [0.717, 1.165) is 0 Å². The van der Waals surface area contributed by atoms with Gasteiger partial charge in [-0.1, -0.05) is 29.3 Å². The average molecular weight is 437 g/mol. The fourth-order valence-corrected chi connectivity index (χ4v) is 3.37. The van der Waals surface area contributed by atoms with Crippen LogP contribution in [-0.2, 0) is 9.53 Å². The number of amides is 2. The van der Waals surface area contributed by atoms with Gasteiger partial charge in [-0.05, 0) is 42.8 Å². The van der Waals surface area contributed by atoms with Crippen LogP contribution in [0, 0.1) is 0 Å². The number of hydrogen-bond acceptors (Lipinski definition) is 4. The number of benzene rings is 2. The Kier molecular flexibility index (Phi) is 7.75. The summed E-state index contributed by atoms with van der Waals surface area (Å²) in [6, 6.07) is 12.0. The van der Waals surface area contributed by atoms with Gasteiger partial charge in [0.25, 0.3) is 5.91 Å². The van der Waals surface area contributed by atoms with Crippen LogP contribution in [0.1, 0.15) is 23.2 Å². The molecule has 2 aromatic rings. The predicted octanol–water partition coefficient (Wildman–Crippen LogP) is 4.26. The topological polar surface area (TPSA) is 67.9 Å². The maximum Gasteiger partial charge on any atom is 0.254 e. The Hall–Kier alpha value is -2.28. The second kappa shape index (κ2) is 10.5. The summed E-state index contributed by atoms with van der Waals surface area (Å²) in [6.07, 6.45) is 0.810. The lowest BCUT2D eigenvalue weighted by atomic mass is 10.1. The number of carbonyl (C=O) groups is 2. The van der Waals surface area contributed by atoms with Crippen LogP contribution in [0.15, 0.2) is 42.5 Å². The van der Waals surface area contributed by atoms with E-state index in [-0.39, 0.29) is 18.2 Å². The van der Waals surface area contributed by atoms with E-state index in [1.807, 2.05) is 0 Å². The van der Waals surface area contributed by atoms with Gasteiger partial charge < -0.3 is 19.7 Å². The second-order valence-corrected chi connectivity index (χ2v) is 7.40. The van der Waals surface area contributed by atoms with Crippen molar-refractivity contribution in [1.82, 2.24) is 4.90 Å². The largest absolute Gasteiger partial charge is 0.492 e. The van der Waals surface area contributed by atoms with Gasteiger partial charge in [0, 0.05) is 35.8 Å². The van der Waals surface area contributed by atoms with Crippen LogP contribution in [0.3, 0.4) is 0 Å². The molecule has 0 aromatic heterocycles. The van der Waals surface area contributed by atoms with Crippen molar-refractivity contribution in [2.24, 2.45) is 0 Å². The van der Waals surface area contributed by atoms with Crippen LogP contribution in [0.5, 0.6) is 5.75 Å². The summed E-state index contributed by atoms with van der Waals surface area (Å²) in [6.45, 7) is 2.60. The lowest BCUT2D eigenvalue weighted by Crippen LogP contribution is -2.40. The van der Waals surface area contributed by atoms with Gasteiger partial charge in [0.05, 0.1) is 24.8 Å². The minimum absolute atomic E-state index is 0.0577. The van der Waals surface area contributed by atoms with E-state index in [4.69, 9.17) is 32.7 Å². The highest BCUT2D eigenvalue weighted by atomic mass is 35.5. The molecule has 2 amide bonds. The zero-order chi connectivity index (χ0) is 20.6. The summed E-state index contributed by atoms with van der Waals surface area (Å²) < 4.78 is 10.9. The molecule has 1 N–H and O–H groups in total. The third-order valence-corrected chi connectivity index (χ3v) is 4.92. The molecule has 0 atom stereocenters. The van der Waals surface area contributed by atoms with Gasteiger partial charge >= 0.3 is 0 Å². The molecule has 29 heavy (non-hydrogen) atoms. The van der Waals surface area contributed by atoms with Crippen LogP contribution in [-0.4, -0.2) is 49.6 Å². The monoisotopic (exact) mass is 436 g/mol. The van der Waals surface area contributed by atoms with Crippen molar-refractivity contribution < 1.29 is 19.1 Å². The normalized spacial score (nSPS) is 13.8. The number of hydrogen-bond donors (Lipinski definition) is 1. The quantitative estimate of drug-likeness (QED) is 0.658. The molecule has 3 rings (SSSR count). The van der Waals surface area contributed by atoms with Crippen LogP contribution in [0.4, 0.5) is 5.69 Å². The fourth-order valence-electron chi connectivity index (χ4n) is 2.91. The zero-order valence-electron chi connectivity index (χ0n) is 15.8. The molecule has 0 aliphatic carbocycles. The zero-order valence-corrected chi connectivity index (χ0v) is 17.3. The number of halogens is 2. The minimum atomic E-state index is -0.147. The molecular weight excluding hydrogens is 415 g/mol. The molecule has 6 nitrogen and oxygen atoms in total. The number of carbonyl (C=O) groups excluding carboxylic acids is 2. The first kappa shape index (κ1) is 21.4. The number of nitrogens with zero attached hydrogens (tertiary/aromatic N) is 1. The molecule has 0 spiro atoms. The fraction of sp³-hybridized carbons (Fsp3) is 0.333. The van der Waals surface area contributed by atoms with Crippen LogP contribution in [0.25, 0.3) is 0 Å². The molecular formula is C21H22Cl2N2O4. The number of rotatable bonds is 7. The first-order chi connectivity index (χ1) is 14.0. The Labute approximate surface area is 179 Å². The number of ether oxygens (including phenoxy) is 2. The maximum atomic E-state index is 12.6. The van der Waals surface area contributed by atoms with Crippen molar-refractivity contribution in [3.05, 3.63) is 58.1 Å². The van der Waals surface area contributed by atoms with Crippen molar-refractivity contribution in [1.29, 1.82) is 0 Å². The average Bonchev–Trinajstić information content (AvgIpc) is 2.73. The predicted molar refractivity (Wildman–Crippen MR) is 113 cm³/mol. The van der Waals surface area contributed by atoms with Gasteiger partial charge in [0.1, 0.15) is 5.75 Å². The number of anilines is 1. The molecule has 1 aliphatic rings. The molecule has 0 radical (unpaired) electrons. The van der Waals surface area contributed by atoms with E-state index in [9.17, 15) is 9.59 Å². The molecule has 154 valence electrons. The molecule has 0 bridgehead atoms. The third-order valence-electron chi connectivity index (χ3n) is 4.39. The Balaban J connectivity index is 1.46. The Morgan fingerprint density at radius 1 is 1.10 bits per heavy atom. The van der Waals surface area contributed by atoms with Crippen LogP contribution < -0.4 is 10.1 Å². The van der Waals surface area contributed by atoms with Crippen molar-refractivity contribution in [2.45, 2.75) is 12.8 Å². The van der Waals surface area contributed by atoms with Crippen molar-refractivity contribution in [2.75, 3.05) is 38.2 Å². The van der Waals surface area contributed by atoms with E-state index in [0.29, 0.717) is 66.4 Å². The van der Waals surface area contributed by atoms with Gasteiger partial charge in [0.15, 0.2) is 0 Å². The summed E-state index contributed by atoms with van der Waals surface area (Å²) >= 11 is 11.9. The molecule has 1 heterocycles. The highest BCUT2D eigenvalue weighted by molar-refractivity contribution is 6.35. The van der Waals surface area contributed by atoms with Crippen molar-refractivity contribution >= 4 is 40.7 Å². The van der Waals surface area contributed by atoms with Gasteiger partial charge in [-0.25, -0.2) is 0 Å². The molecule has 1 saturated heterocycles. The minimum Gasteiger partial charge on any atom is -0.492 e.